The molecule has 6 N–H and O–H groups in total. The van der Waals surface area contributed by atoms with Crippen LogP contribution in [0.4, 0.5) is 40.1 Å². The molecule has 17 nitrogen and oxygen atoms in total. The SMILES string of the molecule is C=CC(=O)Nc1cc(Nc2nc(N3CCCC(N4CCn5c(cc6c5CC(C)(C)C6)C4=O)C3CO)cnc2C(N)=O)ccc1N1CCN(C2CCN(c3ccc4c(c3)NC(=O)C4(C)C)CC2)C[C@@H]1C. The molecule has 0 saturated carbocycles. The summed E-state index contributed by atoms with van der Waals surface area (Å²) in [6.45, 7) is 20.3. The van der Waals surface area contributed by atoms with Gasteiger partial charge in [-0.15, -0.1) is 0 Å². The number of piperazine rings is 1. The average Bonchev–Trinajstić information content (AvgIpc) is 3.91. The molecule has 5 aliphatic heterocycles. The van der Waals surface area contributed by atoms with E-state index in [9.17, 15) is 24.3 Å². The van der Waals surface area contributed by atoms with Crippen LogP contribution < -0.4 is 36.4 Å². The van der Waals surface area contributed by atoms with Gasteiger partial charge in [-0.05, 0) is 118 Å². The van der Waals surface area contributed by atoms with Gasteiger partial charge in [-0.3, -0.25) is 24.1 Å². The molecule has 10 rings (SSSR count). The van der Waals surface area contributed by atoms with Gasteiger partial charge in [-0.2, -0.15) is 0 Å². The lowest BCUT2D eigenvalue weighted by Gasteiger charge is -2.47. The monoisotopic (exact) mass is 939 g/mol. The number of nitrogens with two attached hydrogens (primary N) is 1. The highest BCUT2D eigenvalue weighted by Crippen LogP contribution is 2.42. The van der Waals surface area contributed by atoms with E-state index in [4.69, 9.17) is 10.7 Å². The molecule has 4 aromatic rings. The first-order valence-electron chi connectivity index (χ1n) is 24.7. The topological polar surface area (TPSA) is 198 Å². The molecule has 0 bridgehead atoms. The maximum atomic E-state index is 14.2. The van der Waals surface area contributed by atoms with E-state index in [1.54, 1.807) is 0 Å². The van der Waals surface area contributed by atoms with Crippen molar-refractivity contribution in [1.29, 1.82) is 0 Å². The van der Waals surface area contributed by atoms with E-state index < -0.39 is 17.4 Å². The molecule has 3 atom stereocenters. The first kappa shape index (κ1) is 46.3. The normalized spacial score (nSPS) is 23.3. The molecule has 1 aliphatic carbocycles. The molecule has 3 saturated heterocycles. The summed E-state index contributed by atoms with van der Waals surface area (Å²) in [6.07, 6.45) is 8.21. The third kappa shape index (κ3) is 8.46. The Morgan fingerprint density at radius 2 is 1.72 bits per heavy atom. The maximum Gasteiger partial charge on any atom is 0.271 e. The number of aromatic nitrogens is 3. The number of carbonyl (C=O) groups excluding carboxylic acids is 4. The zero-order chi connectivity index (χ0) is 48.5. The predicted molar refractivity (Wildman–Crippen MR) is 269 cm³/mol. The highest BCUT2D eigenvalue weighted by Gasteiger charge is 2.43. The minimum absolute atomic E-state index is 0.0123. The third-order valence-electron chi connectivity index (χ3n) is 15.8. The summed E-state index contributed by atoms with van der Waals surface area (Å²) in [4.78, 5) is 73.1. The molecule has 2 aromatic heterocycles. The molecule has 4 amide bonds. The molecule has 6 aliphatic rings. The van der Waals surface area contributed by atoms with Crippen molar-refractivity contribution in [2.75, 3.05) is 83.1 Å². The molecule has 0 radical (unpaired) electrons. The van der Waals surface area contributed by atoms with Gasteiger partial charge in [0.1, 0.15) is 11.5 Å². The van der Waals surface area contributed by atoms with Gasteiger partial charge in [0.05, 0.1) is 41.7 Å². The van der Waals surface area contributed by atoms with Gasteiger partial charge in [0.15, 0.2) is 11.5 Å². The summed E-state index contributed by atoms with van der Waals surface area (Å²) in [5.74, 6) is -0.517. The molecular formula is C52H66N12O5. The van der Waals surface area contributed by atoms with Crippen LogP contribution in [0.1, 0.15) is 98.1 Å². The molecule has 0 spiro atoms. The Balaban J connectivity index is 0.829. The number of anilines is 7. The van der Waals surface area contributed by atoms with Gasteiger partial charge in [-0.25, -0.2) is 9.97 Å². The number of carbonyl (C=O) groups is 4. The van der Waals surface area contributed by atoms with E-state index in [1.165, 1.54) is 23.5 Å². The van der Waals surface area contributed by atoms with Crippen molar-refractivity contribution in [2.45, 2.75) is 109 Å². The minimum Gasteiger partial charge on any atom is -0.394 e. The van der Waals surface area contributed by atoms with Crippen LogP contribution in [-0.4, -0.2) is 130 Å². The highest BCUT2D eigenvalue weighted by atomic mass is 16.3. The van der Waals surface area contributed by atoms with Crippen molar-refractivity contribution in [3.05, 3.63) is 89.5 Å². The number of nitrogens with one attached hydrogen (secondary N) is 3. The van der Waals surface area contributed by atoms with Crippen LogP contribution in [0.25, 0.3) is 0 Å². The number of piperidine rings is 2. The summed E-state index contributed by atoms with van der Waals surface area (Å²) in [5.41, 5.74) is 13.8. The molecular weight excluding hydrogens is 873 g/mol. The van der Waals surface area contributed by atoms with Crippen LogP contribution in [0.5, 0.6) is 0 Å². The summed E-state index contributed by atoms with van der Waals surface area (Å²) in [5, 5.41) is 20.3. The standard InChI is InChI=1S/C52H66N12O5/c1-7-45(66)56-38-24-33(10-13-39(38)61-20-19-60(29-31(61)2)34-14-17-59(18-15-34)35-11-12-36-37(25-35)57-50(69)52(36,5)6)55-48-46(47(53)67)54-28-44(58-48)63-16-8-9-40(43(63)30-65)64-22-21-62-41(49(64)68)23-32-26-51(3,4)27-42(32)62/h7,10-13,23-25,28,31,34,40,43,65H,1,8-9,14-22,26-27,29-30H2,2-6H3,(H2,53,67)(H,55,58)(H,56,66)(H,57,69)/t31-,40?,43?/m0/s1. The number of benzene rings is 2. The van der Waals surface area contributed by atoms with E-state index in [0.29, 0.717) is 42.9 Å². The Bertz CT molecular complexity index is 2720. The number of amides is 4. The Labute approximate surface area is 404 Å². The molecule has 2 aromatic carbocycles. The van der Waals surface area contributed by atoms with Crippen molar-refractivity contribution in [1.82, 2.24) is 24.3 Å². The first-order chi connectivity index (χ1) is 33.0. The fraction of sp³-hybridized carbons (Fsp3) is 0.500. The minimum atomic E-state index is -0.763. The lowest BCUT2D eigenvalue weighted by Crippen LogP contribution is -2.60. The van der Waals surface area contributed by atoms with E-state index in [0.717, 1.165) is 99.6 Å². The number of primary amides is 1. The molecule has 17 heteroatoms. The van der Waals surface area contributed by atoms with Crippen molar-refractivity contribution in [3.63, 3.8) is 0 Å². The Morgan fingerprint density at radius 3 is 2.46 bits per heavy atom. The second-order valence-electron chi connectivity index (χ2n) is 21.2. The number of aliphatic hydroxyl groups excluding tert-OH is 1. The van der Waals surface area contributed by atoms with Crippen molar-refractivity contribution in [2.24, 2.45) is 11.1 Å². The van der Waals surface area contributed by atoms with Crippen LogP contribution in [0.15, 0.2) is 61.3 Å². The molecule has 3 fully saturated rings. The fourth-order valence-electron chi connectivity index (χ4n) is 12.2. The largest absolute Gasteiger partial charge is 0.394 e. The zero-order valence-corrected chi connectivity index (χ0v) is 40.6. The van der Waals surface area contributed by atoms with Gasteiger partial charge < -0.3 is 51.0 Å². The molecule has 69 heavy (non-hydrogen) atoms. The molecule has 2 unspecified atom stereocenters. The van der Waals surface area contributed by atoms with Crippen LogP contribution in [0, 0.1) is 5.41 Å². The van der Waals surface area contributed by atoms with Gasteiger partial charge in [0.25, 0.3) is 11.8 Å². The van der Waals surface area contributed by atoms with Crippen molar-refractivity contribution < 1.29 is 24.3 Å². The Morgan fingerprint density at radius 1 is 0.942 bits per heavy atom. The van der Waals surface area contributed by atoms with Crippen LogP contribution in [0.3, 0.4) is 0 Å². The second kappa shape index (κ2) is 17.8. The second-order valence-corrected chi connectivity index (χ2v) is 21.2. The average molecular weight is 939 g/mol. The van der Waals surface area contributed by atoms with E-state index in [1.807, 2.05) is 41.8 Å². The third-order valence-corrected chi connectivity index (χ3v) is 15.8. The Kier molecular flexibility index (Phi) is 11.9. The number of rotatable bonds is 11. The lowest BCUT2D eigenvalue weighted by molar-refractivity contribution is -0.119. The number of hydrogen-bond donors (Lipinski definition) is 5. The van der Waals surface area contributed by atoms with Gasteiger partial charge in [-0.1, -0.05) is 26.5 Å². The predicted octanol–water partition coefficient (Wildman–Crippen LogP) is 5.26. The van der Waals surface area contributed by atoms with Crippen LogP contribution in [0.2, 0.25) is 0 Å². The first-order valence-corrected chi connectivity index (χ1v) is 24.7. The highest BCUT2D eigenvalue weighted by molar-refractivity contribution is 6.06. The fourth-order valence-corrected chi connectivity index (χ4v) is 12.2. The number of nitrogens with zero attached hydrogens (tertiary/aromatic N) is 8. The number of fused-ring (bicyclic) bond motifs is 4. The van der Waals surface area contributed by atoms with Crippen LogP contribution >= 0.6 is 0 Å². The molecule has 364 valence electrons. The summed E-state index contributed by atoms with van der Waals surface area (Å²) in [7, 11) is 0. The molecule has 7 heterocycles. The summed E-state index contributed by atoms with van der Waals surface area (Å²) in [6, 6.07) is 14.0. The van der Waals surface area contributed by atoms with Crippen LogP contribution in [-0.2, 0) is 34.4 Å². The quantitative estimate of drug-likeness (QED) is 0.123. The van der Waals surface area contributed by atoms with Gasteiger partial charge >= 0.3 is 0 Å². The smallest absolute Gasteiger partial charge is 0.271 e. The maximum absolute atomic E-state index is 14.2. The van der Waals surface area contributed by atoms with Crippen molar-refractivity contribution >= 4 is 63.7 Å². The van der Waals surface area contributed by atoms with Crippen molar-refractivity contribution in [3.8, 4) is 0 Å². The lowest BCUT2D eigenvalue weighted by atomic mass is 9.86. The van der Waals surface area contributed by atoms with Gasteiger partial charge in [0.2, 0.25) is 11.8 Å². The van der Waals surface area contributed by atoms with Gasteiger partial charge in [0, 0.05) is 87.2 Å². The number of aliphatic hydroxyl groups is 1. The Hall–Kier alpha value is -6.46. The van der Waals surface area contributed by atoms with E-state index in [2.05, 4.69) is 91.8 Å². The zero-order valence-electron chi connectivity index (χ0n) is 40.6. The summed E-state index contributed by atoms with van der Waals surface area (Å²) < 4.78 is 2.21. The summed E-state index contributed by atoms with van der Waals surface area (Å²) >= 11 is 0. The van der Waals surface area contributed by atoms with E-state index >= 15 is 0 Å². The van der Waals surface area contributed by atoms with E-state index in [-0.39, 0.29) is 53.3 Å². The number of hydrogen-bond acceptors (Lipinski definition) is 12.